The van der Waals surface area contributed by atoms with E-state index in [0.717, 1.165) is 18.6 Å². The predicted octanol–water partition coefficient (Wildman–Crippen LogP) is 1.24. The van der Waals surface area contributed by atoms with Gasteiger partial charge in [-0.15, -0.1) is 0 Å². The quantitative estimate of drug-likeness (QED) is 0.860. The van der Waals surface area contributed by atoms with E-state index in [4.69, 9.17) is 9.52 Å². The van der Waals surface area contributed by atoms with E-state index in [1.807, 2.05) is 0 Å². The number of hydrogen-bond donors (Lipinski definition) is 1. The van der Waals surface area contributed by atoms with Crippen LogP contribution in [0.5, 0.6) is 0 Å². The molecule has 1 heterocycles. The van der Waals surface area contributed by atoms with E-state index in [0.29, 0.717) is 5.92 Å². The summed E-state index contributed by atoms with van der Waals surface area (Å²) in [5.74, 6) is 1.16. The first-order valence-corrected chi connectivity index (χ1v) is 7.29. The molecule has 0 atom stereocenters. The maximum absolute atomic E-state index is 12.0. The summed E-state index contributed by atoms with van der Waals surface area (Å²) < 4.78 is 28.2. The molecular weight excluding hydrogens is 242 g/mol. The van der Waals surface area contributed by atoms with Crippen molar-refractivity contribution >= 4 is 9.84 Å². The van der Waals surface area contributed by atoms with Crippen LogP contribution in [0.1, 0.15) is 44.3 Å². The molecule has 1 aromatic heterocycles. The minimum Gasteiger partial charge on any atom is -0.444 e. The largest absolute Gasteiger partial charge is 0.444 e. The van der Waals surface area contributed by atoms with E-state index in [9.17, 15) is 8.42 Å². The zero-order valence-corrected chi connectivity index (χ0v) is 10.8. The van der Waals surface area contributed by atoms with Gasteiger partial charge in [-0.2, -0.15) is 0 Å². The van der Waals surface area contributed by atoms with Gasteiger partial charge >= 0.3 is 0 Å². The molecule has 1 aliphatic rings. The SMILES string of the molecule is CC(C)(CO)S(=O)(=O)Cc1ncc(C2CC2)o1. The summed E-state index contributed by atoms with van der Waals surface area (Å²) in [6.07, 6.45) is 3.78. The van der Waals surface area contributed by atoms with Gasteiger partial charge in [0.25, 0.3) is 0 Å². The van der Waals surface area contributed by atoms with E-state index in [2.05, 4.69) is 4.98 Å². The first-order valence-electron chi connectivity index (χ1n) is 5.63. The Hall–Kier alpha value is -0.880. The maximum Gasteiger partial charge on any atom is 0.209 e. The van der Waals surface area contributed by atoms with Gasteiger partial charge in [-0.05, 0) is 26.7 Å². The van der Waals surface area contributed by atoms with Crippen molar-refractivity contribution in [2.75, 3.05) is 6.61 Å². The van der Waals surface area contributed by atoms with Crippen LogP contribution in [0.25, 0.3) is 0 Å². The number of rotatable bonds is 5. The standard InChI is InChI=1S/C11H17NO4S/c1-11(2,7-13)17(14,15)6-10-12-5-9(16-10)8-3-4-8/h5,8,13H,3-4,6-7H2,1-2H3. The Morgan fingerprint density at radius 2 is 2.18 bits per heavy atom. The Morgan fingerprint density at radius 3 is 2.71 bits per heavy atom. The van der Waals surface area contributed by atoms with Gasteiger partial charge in [0.05, 0.1) is 17.6 Å². The maximum atomic E-state index is 12.0. The Labute approximate surface area is 101 Å². The Kier molecular flexibility index (Phi) is 3.03. The molecule has 1 fully saturated rings. The highest BCUT2D eigenvalue weighted by Gasteiger charge is 2.35. The van der Waals surface area contributed by atoms with Crippen molar-refractivity contribution in [1.82, 2.24) is 4.98 Å². The third-order valence-electron chi connectivity index (χ3n) is 3.09. The molecule has 0 aromatic carbocycles. The molecule has 0 saturated heterocycles. The van der Waals surface area contributed by atoms with Crippen LogP contribution >= 0.6 is 0 Å². The van der Waals surface area contributed by atoms with E-state index in [1.54, 1.807) is 6.20 Å². The molecule has 5 nitrogen and oxygen atoms in total. The molecule has 2 rings (SSSR count). The van der Waals surface area contributed by atoms with Crippen LogP contribution in [0.4, 0.5) is 0 Å². The molecule has 0 unspecified atom stereocenters. The molecule has 6 heteroatoms. The number of aliphatic hydroxyl groups is 1. The van der Waals surface area contributed by atoms with Crippen molar-refractivity contribution in [2.45, 2.75) is 43.1 Å². The molecule has 0 aliphatic heterocycles. The summed E-state index contributed by atoms with van der Waals surface area (Å²) in [5.41, 5.74) is 0. The Bertz CT molecular complexity index is 499. The smallest absolute Gasteiger partial charge is 0.209 e. The second-order valence-corrected chi connectivity index (χ2v) is 7.73. The average Bonchev–Trinajstić information content (AvgIpc) is 3.00. The van der Waals surface area contributed by atoms with Gasteiger partial charge in [-0.3, -0.25) is 0 Å². The van der Waals surface area contributed by atoms with Crippen molar-refractivity contribution < 1.29 is 17.9 Å². The topological polar surface area (TPSA) is 80.4 Å². The first kappa shape index (κ1) is 12.6. The van der Waals surface area contributed by atoms with Crippen LogP contribution in [0.2, 0.25) is 0 Å². The molecule has 1 saturated carbocycles. The van der Waals surface area contributed by atoms with Crippen molar-refractivity contribution in [3.8, 4) is 0 Å². The molecule has 96 valence electrons. The average molecular weight is 259 g/mol. The zero-order valence-electron chi connectivity index (χ0n) is 10.0. The molecule has 1 aliphatic carbocycles. The highest BCUT2D eigenvalue weighted by atomic mass is 32.2. The fourth-order valence-electron chi connectivity index (χ4n) is 1.40. The molecule has 0 radical (unpaired) electrons. The lowest BCUT2D eigenvalue weighted by Crippen LogP contribution is -2.36. The minimum absolute atomic E-state index is 0.216. The summed E-state index contributed by atoms with van der Waals surface area (Å²) in [4.78, 5) is 3.98. The molecular formula is C11H17NO4S. The van der Waals surface area contributed by atoms with Gasteiger partial charge in [0.2, 0.25) is 5.89 Å². The third kappa shape index (κ3) is 2.52. The lowest BCUT2D eigenvalue weighted by Gasteiger charge is -2.20. The third-order valence-corrected chi connectivity index (χ3v) is 5.53. The van der Waals surface area contributed by atoms with Crippen molar-refractivity contribution in [2.24, 2.45) is 0 Å². The van der Waals surface area contributed by atoms with Crippen molar-refractivity contribution in [1.29, 1.82) is 0 Å². The van der Waals surface area contributed by atoms with Crippen LogP contribution in [-0.4, -0.2) is 29.9 Å². The van der Waals surface area contributed by atoms with Gasteiger partial charge in [0.1, 0.15) is 11.5 Å². The molecule has 1 N–H and O–H groups in total. The van der Waals surface area contributed by atoms with E-state index < -0.39 is 21.2 Å². The summed E-state index contributed by atoms with van der Waals surface area (Å²) in [5, 5.41) is 9.08. The van der Waals surface area contributed by atoms with E-state index >= 15 is 0 Å². The normalized spacial score (nSPS) is 17.4. The second kappa shape index (κ2) is 4.10. The number of hydrogen-bond acceptors (Lipinski definition) is 5. The lowest BCUT2D eigenvalue weighted by molar-refractivity contribution is 0.257. The molecule has 17 heavy (non-hydrogen) atoms. The first-order chi connectivity index (χ1) is 7.86. The summed E-state index contributed by atoms with van der Waals surface area (Å²) in [6.45, 7) is 2.58. The minimum atomic E-state index is -3.46. The lowest BCUT2D eigenvalue weighted by atomic mass is 10.2. The van der Waals surface area contributed by atoms with E-state index in [1.165, 1.54) is 13.8 Å². The Morgan fingerprint density at radius 1 is 1.53 bits per heavy atom. The van der Waals surface area contributed by atoms with Gasteiger partial charge in [0.15, 0.2) is 9.84 Å². The number of sulfone groups is 1. The van der Waals surface area contributed by atoms with Gasteiger partial charge in [0, 0.05) is 5.92 Å². The zero-order chi connectivity index (χ0) is 12.7. The fraction of sp³-hybridized carbons (Fsp3) is 0.727. The van der Waals surface area contributed by atoms with Crippen LogP contribution in [0, 0.1) is 0 Å². The van der Waals surface area contributed by atoms with Crippen LogP contribution in [-0.2, 0) is 15.6 Å². The highest BCUT2D eigenvalue weighted by molar-refractivity contribution is 7.92. The van der Waals surface area contributed by atoms with Crippen LogP contribution in [0.3, 0.4) is 0 Å². The molecule has 0 spiro atoms. The van der Waals surface area contributed by atoms with Crippen LogP contribution < -0.4 is 0 Å². The van der Waals surface area contributed by atoms with Gasteiger partial charge in [-0.1, -0.05) is 0 Å². The Balaban J connectivity index is 2.14. The van der Waals surface area contributed by atoms with Crippen molar-refractivity contribution in [3.63, 3.8) is 0 Å². The fourth-order valence-corrected chi connectivity index (χ4v) is 2.45. The van der Waals surface area contributed by atoms with Gasteiger partial charge < -0.3 is 9.52 Å². The predicted molar refractivity (Wildman–Crippen MR) is 62.3 cm³/mol. The number of nitrogens with zero attached hydrogens (tertiary/aromatic N) is 1. The summed E-state index contributed by atoms with van der Waals surface area (Å²) in [6, 6.07) is 0. The number of aromatic nitrogens is 1. The molecule has 0 amide bonds. The van der Waals surface area contributed by atoms with Crippen molar-refractivity contribution in [3.05, 3.63) is 17.8 Å². The number of aliphatic hydroxyl groups excluding tert-OH is 1. The summed E-state index contributed by atoms with van der Waals surface area (Å²) >= 11 is 0. The molecule has 0 bridgehead atoms. The van der Waals surface area contributed by atoms with Crippen LogP contribution in [0.15, 0.2) is 10.6 Å². The van der Waals surface area contributed by atoms with E-state index in [-0.39, 0.29) is 11.6 Å². The summed E-state index contributed by atoms with van der Waals surface area (Å²) in [7, 11) is -3.46. The highest BCUT2D eigenvalue weighted by Crippen LogP contribution is 2.40. The monoisotopic (exact) mass is 259 g/mol. The second-order valence-electron chi connectivity index (χ2n) is 5.11. The van der Waals surface area contributed by atoms with Gasteiger partial charge in [-0.25, -0.2) is 13.4 Å². The number of oxazole rings is 1. The molecule has 1 aromatic rings.